The van der Waals surface area contributed by atoms with Crippen molar-refractivity contribution in [3.8, 4) is 5.75 Å². The van der Waals surface area contributed by atoms with Crippen LogP contribution in [0.25, 0.3) is 11.0 Å². The SMILES string of the molecule is COc1ccc2nc(CCNC(=O)CNC(=O)c3ccccc3)[nH]c2c1. The molecule has 0 unspecified atom stereocenters. The molecule has 0 spiro atoms. The summed E-state index contributed by atoms with van der Waals surface area (Å²) in [6.45, 7) is 0.363. The van der Waals surface area contributed by atoms with Crippen LogP contribution in [0.5, 0.6) is 5.75 Å². The molecule has 0 aliphatic carbocycles. The molecule has 2 aromatic carbocycles. The predicted octanol–water partition coefficient (Wildman–Crippen LogP) is 1.66. The summed E-state index contributed by atoms with van der Waals surface area (Å²) in [4.78, 5) is 31.4. The zero-order valence-electron chi connectivity index (χ0n) is 14.4. The van der Waals surface area contributed by atoms with Crippen LogP contribution in [0.15, 0.2) is 48.5 Å². The van der Waals surface area contributed by atoms with E-state index in [-0.39, 0.29) is 18.4 Å². The molecule has 3 aromatic rings. The normalized spacial score (nSPS) is 10.5. The number of nitrogens with one attached hydrogen (secondary N) is 3. The molecule has 1 heterocycles. The van der Waals surface area contributed by atoms with Gasteiger partial charge in [-0.2, -0.15) is 0 Å². The molecule has 1 aromatic heterocycles. The summed E-state index contributed by atoms with van der Waals surface area (Å²) in [5.41, 5.74) is 2.26. The van der Waals surface area contributed by atoms with Crippen molar-refractivity contribution in [3.05, 3.63) is 59.9 Å². The van der Waals surface area contributed by atoms with E-state index in [0.717, 1.165) is 22.6 Å². The molecule has 0 radical (unpaired) electrons. The highest BCUT2D eigenvalue weighted by molar-refractivity contribution is 5.96. The first-order valence-electron chi connectivity index (χ1n) is 8.28. The Morgan fingerprint density at radius 2 is 1.92 bits per heavy atom. The number of methoxy groups -OCH3 is 1. The van der Waals surface area contributed by atoms with Crippen LogP contribution in [-0.2, 0) is 11.2 Å². The molecule has 2 amide bonds. The van der Waals surface area contributed by atoms with Crippen LogP contribution in [0.2, 0.25) is 0 Å². The van der Waals surface area contributed by atoms with Gasteiger partial charge in [-0.15, -0.1) is 0 Å². The molecule has 0 saturated heterocycles. The Balaban J connectivity index is 1.44. The molecule has 0 bridgehead atoms. The van der Waals surface area contributed by atoms with Crippen molar-refractivity contribution in [3.63, 3.8) is 0 Å². The van der Waals surface area contributed by atoms with E-state index < -0.39 is 0 Å². The van der Waals surface area contributed by atoms with E-state index in [2.05, 4.69) is 20.6 Å². The first kappa shape index (κ1) is 17.5. The van der Waals surface area contributed by atoms with Crippen LogP contribution in [0.1, 0.15) is 16.2 Å². The van der Waals surface area contributed by atoms with E-state index in [4.69, 9.17) is 4.74 Å². The minimum absolute atomic E-state index is 0.0644. The molecule has 3 rings (SSSR count). The van der Waals surface area contributed by atoms with Gasteiger partial charge in [0.15, 0.2) is 0 Å². The number of carbonyl (C=O) groups is 2. The number of rotatable bonds is 7. The van der Waals surface area contributed by atoms with Crippen molar-refractivity contribution < 1.29 is 14.3 Å². The number of benzene rings is 2. The third kappa shape index (κ3) is 4.38. The molecule has 0 aliphatic heterocycles. The van der Waals surface area contributed by atoms with Crippen molar-refractivity contribution in [2.75, 3.05) is 20.2 Å². The maximum atomic E-state index is 11.9. The van der Waals surface area contributed by atoms with Crippen LogP contribution in [0, 0.1) is 0 Å². The zero-order valence-corrected chi connectivity index (χ0v) is 14.4. The molecule has 0 aliphatic rings. The molecule has 26 heavy (non-hydrogen) atoms. The second-order valence-electron chi connectivity index (χ2n) is 5.72. The van der Waals surface area contributed by atoms with Crippen molar-refractivity contribution in [1.29, 1.82) is 0 Å². The number of hydrogen-bond donors (Lipinski definition) is 3. The average Bonchev–Trinajstić information content (AvgIpc) is 3.08. The first-order valence-corrected chi connectivity index (χ1v) is 8.28. The van der Waals surface area contributed by atoms with Crippen molar-refractivity contribution >= 4 is 22.8 Å². The lowest BCUT2D eigenvalue weighted by Gasteiger charge is -2.06. The molecular weight excluding hydrogens is 332 g/mol. The standard InChI is InChI=1S/C19H20N4O3/c1-26-14-7-8-15-16(11-14)23-17(22-15)9-10-20-18(24)12-21-19(25)13-5-3-2-4-6-13/h2-8,11H,9-10,12H2,1H3,(H,20,24)(H,21,25)(H,22,23). The first-order chi connectivity index (χ1) is 12.7. The van der Waals surface area contributed by atoms with E-state index in [9.17, 15) is 9.59 Å². The Kier molecular flexibility index (Phi) is 5.48. The lowest BCUT2D eigenvalue weighted by molar-refractivity contribution is -0.120. The second-order valence-corrected chi connectivity index (χ2v) is 5.72. The third-order valence-corrected chi connectivity index (χ3v) is 3.87. The molecular formula is C19H20N4O3. The molecule has 0 fully saturated rings. The zero-order chi connectivity index (χ0) is 18.4. The molecule has 0 saturated carbocycles. The van der Waals surface area contributed by atoms with Gasteiger partial charge in [0.25, 0.3) is 5.91 Å². The van der Waals surface area contributed by atoms with Gasteiger partial charge < -0.3 is 20.4 Å². The molecule has 7 nitrogen and oxygen atoms in total. The summed E-state index contributed by atoms with van der Waals surface area (Å²) < 4.78 is 5.18. The number of H-pyrrole nitrogens is 1. The van der Waals surface area contributed by atoms with Gasteiger partial charge in [0.2, 0.25) is 5.91 Å². The Hall–Kier alpha value is -3.35. The smallest absolute Gasteiger partial charge is 0.251 e. The van der Waals surface area contributed by atoms with Crippen molar-refractivity contribution in [2.24, 2.45) is 0 Å². The van der Waals surface area contributed by atoms with Gasteiger partial charge in [-0.3, -0.25) is 9.59 Å². The van der Waals surface area contributed by atoms with Gasteiger partial charge in [0.05, 0.1) is 24.7 Å². The number of aromatic amines is 1. The third-order valence-electron chi connectivity index (χ3n) is 3.87. The lowest BCUT2D eigenvalue weighted by Crippen LogP contribution is -2.37. The number of hydrogen-bond acceptors (Lipinski definition) is 4. The summed E-state index contributed by atoms with van der Waals surface area (Å²) in [6.07, 6.45) is 0.565. The van der Waals surface area contributed by atoms with Crippen LogP contribution < -0.4 is 15.4 Å². The Bertz CT molecular complexity index is 906. The van der Waals surface area contributed by atoms with Crippen molar-refractivity contribution in [1.82, 2.24) is 20.6 Å². The second kappa shape index (κ2) is 8.15. The number of imidazole rings is 1. The number of carbonyl (C=O) groups excluding carboxylic acids is 2. The number of aromatic nitrogens is 2. The average molecular weight is 352 g/mol. The Labute approximate surface area is 150 Å². The van der Waals surface area contributed by atoms with Gasteiger partial charge in [-0.25, -0.2) is 4.98 Å². The van der Waals surface area contributed by atoms with E-state index >= 15 is 0 Å². The number of ether oxygens (including phenoxy) is 1. The fourth-order valence-corrected chi connectivity index (χ4v) is 2.52. The van der Waals surface area contributed by atoms with Gasteiger partial charge in [0, 0.05) is 24.6 Å². The van der Waals surface area contributed by atoms with Crippen LogP contribution in [-0.4, -0.2) is 42.0 Å². The highest BCUT2D eigenvalue weighted by Crippen LogP contribution is 2.18. The quantitative estimate of drug-likeness (QED) is 0.602. The summed E-state index contributed by atoms with van der Waals surface area (Å²) >= 11 is 0. The highest BCUT2D eigenvalue weighted by atomic mass is 16.5. The van der Waals surface area contributed by atoms with Crippen LogP contribution in [0.3, 0.4) is 0 Å². The lowest BCUT2D eigenvalue weighted by atomic mass is 10.2. The number of nitrogens with zero attached hydrogens (tertiary/aromatic N) is 1. The minimum Gasteiger partial charge on any atom is -0.497 e. The fraction of sp³-hybridized carbons (Fsp3) is 0.211. The molecule has 7 heteroatoms. The van der Waals surface area contributed by atoms with Crippen molar-refractivity contribution in [2.45, 2.75) is 6.42 Å². The minimum atomic E-state index is -0.271. The van der Waals surface area contributed by atoms with Crippen LogP contribution >= 0.6 is 0 Å². The largest absolute Gasteiger partial charge is 0.497 e. The van der Waals surface area contributed by atoms with Gasteiger partial charge in [-0.05, 0) is 24.3 Å². The summed E-state index contributed by atoms with van der Waals surface area (Å²) in [6, 6.07) is 14.4. The summed E-state index contributed by atoms with van der Waals surface area (Å²) in [5.74, 6) is 1.02. The van der Waals surface area contributed by atoms with Gasteiger partial charge in [-0.1, -0.05) is 18.2 Å². The maximum absolute atomic E-state index is 11.9. The fourth-order valence-electron chi connectivity index (χ4n) is 2.52. The predicted molar refractivity (Wildman–Crippen MR) is 98.1 cm³/mol. The number of fused-ring (bicyclic) bond motifs is 1. The molecule has 0 atom stereocenters. The maximum Gasteiger partial charge on any atom is 0.251 e. The Morgan fingerprint density at radius 1 is 1.12 bits per heavy atom. The molecule has 134 valence electrons. The van der Waals surface area contributed by atoms with Crippen LogP contribution in [0.4, 0.5) is 0 Å². The monoisotopic (exact) mass is 352 g/mol. The number of amides is 2. The topological polar surface area (TPSA) is 96.1 Å². The Morgan fingerprint density at radius 3 is 2.69 bits per heavy atom. The van der Waals surface area contributed by atoms with E-state index in [1.165, 1.54) is 0 Å². The highest BCUT2D eigenvalue weighted by Gasteiger charge is 2.08. The van der Waals surface area contributed by atoms with E-state index in [1.807, 2.05) is 24.3 Å². The van der Waals surface area contributed by atoms with E-state index in [0.29, 0.717) is 18.5 Å². The van der Waals surface area contributed by atoms with Gasteiger partial charge in [0.1, 0.15) is 11.6 Å². The molecule has 3 N–H and O–H groups in total. The van der Waals surface area contributed by atoms with Gasteiger partial charge >= 0.3 is 0 Å². The summed E-state index contributed by atoms with van der Waals surface area (Å²) in [7, 11) is 1.62. The van der Waals surface area contributed by atoms with E-state index in [1.54, 1.807) is 31.4 Å². The summed E-state index contributed by atoms with van der Waals surface area (Å²) in [5, 5.41) is 5.36.